The number of carbonyl (C=O) groups excluding carboxylic acids is 3. The van der Waals surface area contributed by atoms with Crippen LogP contribution in [0.3, 0.4) is 0 Å². The zero-order chi connectivity index (χ0) is 17.8. The van der Waals surface area contributed by atoms with Crippen LogP contribution in [0.4, 0.5) is 15.3 Å². The number of amides is 5. The lowest BCUT2D eigenvalue weighted by molar-refractivity contribution is -0.123. The van der Waals surface area contributed by atoms with Crippen LogP contribution in [0, 0.1) is 0 Å². The molecule has 1 atom stereocenters. The van der Waals surface area contributed by atoms with Gasteiger partial charge in [0.25, 0.3) is 5.91 Å². The second-order valence-electron chi connectivity index (χ2n) is 7.45. The van der Waals surface area contributed by atoms with E-state index >= 15 is 0 Å². The number of anilines is 1. The molecule has 25 heavy (non-hydrogen) atoms. The highest BCUT2D eigenvalue weighted by molar-refractivity contribution is 6.08. The number of likely N-dealkylation sites (tertiary alicyclic amines) is 1. The third kappa shape index (κ3) is 2.67. The van der Waals surface area contributed by atoms with Crippen molar-refractivity contribution in [1.82, 2.24) is 15.5 Å². The minimum atomic E-state index is -0.996. The van der Waals surface area contributed by atoms with E-state index in [4.69, 9.17) is 4.74 Å². The molecule has 3 aliphatic rings. The highest BCUT2D eigenvalue weighted by Crippen LogP contribution is 2.36. The molecule has 2 fully saturated rings. The second-order valence-corrected chi connectivity index (χ2v) is 7.45. The maximum Gasteiger partial charge on any atom is 0.322 e. The Hall–Kier alpha value is -2.77. The summed E-state index contributed by atoms with van der Waals surface area (Å²) in [5, 5.41) is 7.73. The Morgan fingerprint density at radius 1 is 1.32 bits per heavy atom. The molecule has 1 spiro atoms. The topological polar surface area (TPSA) is 99.8 Å². The molecule has 8 heteroatoms. The highest BCUT2D eigenvalue weighted by atomic mass is 16.5. The number of imide groups is 1. The number of rotatable bonds is 1. The second kappa shape index (κ2) is 5.11. The normalized spacial score (nSPS) is 26.2. The fraction of sp³-hybridized carbons (Fsp3) is 0.471. The summed E-state index contributed by atoms with van der Waals surface area (Å²) in [6.07, 6.45) is 1.19. The van der Waals surface area contributed by atoms with Gasteiger partial charge in [0.05, 0.1) is 6.54 Å². The van der Waals surface area contributed by atoms with Crippen LogP contribution in [0.1, 0.15) is 25.8 Å². The number of fused-ring (bicyclic) bond motifs is 1. The number of carbonyl (C=O) groups is 3. The Morgan fingerprint density at radius 2 is 2.12 bits per heavy atom. The number of nitrogens with zero attached hydrogens (tertiary/aromatic N) is 1. The molecule has 0 saturated carbocycles. The first-order valence-corrected chi connectivity index (χ1v) is 8.28. The zero-order valence-corrected chi connectivity index (χ0v) is 14.1. The molecule has 3 N–H and O–H groups in total. The van der Waals surface area contributed by atoms with Crippen LogP contribution in [-0.4, -0.2) is 47.1 Å². The lowest BCUT2D eigenvalue weighted by Crippen LogP contribution is -2.50. The third-order valence-corrected chi connectivity index (χ3v) is 4.89. The summed E-state index contributed by atoms with van der Waals surface area (Å²) in [5.41, 5.74) is 0.513. The first-order chi connectivity index (χ1) is 11.8. The van der Waals surface area contributed by atoms with E-state index in [9.17, 15) is 14.4 Å². The number of benzene rings is 1. The molecule has 1 aromatic carbocycles. The van der Waals surface area contributed by atoms with Gasteiger partial charge in [0.15, 0.2) is 0 Å². The Bertz CT molecular complexity index is 791. The molecule has 3 aliphatic heterocycles. The van der Waals surface area contributed by atoms with Gasteiger partial charge in [-0.1, -0.05) is 0 Å². The van der Waals surface area contributed by atoms with Gasteiger partial charge in [-0.3, -0.25) is 10.1 Å². The predicted octanol–water partition coefficient (Wildman–Crippen LogP) is 1.22. The summed E-state index contributed by atoms with van der Waals surface area (Å²) in [7, 11) is 0. The van der Waals surface area contributed by atoms with Gasteiger partial charge < -0.3 is 20.3 Å². The predicted molar refractivity (Wildman–Crippen MR) is 89.5 cm³/mol. The van der Waals surface area contributed by atoms with Crippen LogP contribution in [0.25, 0.3) is 0 Å². The molecule has 2 saturated heterocycles. The molecule has 4 rings (SSSR count). The molecule has 132 valence electrons. The van der Waals surface area contributed by atoms with Crippen molar-refractivity contribution in [2.75, 3.05) is 18.4 Å². The smallest absolute Gasteiger partial charge is 0.322 e. The standard InChI is InChI=1S/C17H20N4O4/c1-16(2)8-10-7-11(3-4-12(10)25-16)18-15(24)21-6-5-17(9-21)13(22)19-14(23)20-17/h3-4,7H,5-6,8-9H2,1-2H3,(H,18,24)(H2,19,20,22,23). The fourth-order valence-corrected chi connectivity index (χ4v) is 3.69. The number of hydrogen-bond donors (Lipinski definition) is 3. The molecular formula is C17H20N4O4. The van der Waals surface area contributed by atoms with E-state index in [-0.39, 0.29) is 24.1 Å². The molecule has 0 bridgehead atoms. The van der Waals surface area contributed by atoms with E-state index in [1.54, 1.807) is 11.0 Å². The summed E-state index contributed by atoms with van der Waals surface area (Å²) >= 11 is 0. The van der Waals surface area contributed by atoms with Crippen LogP contribution < -0.4 is 20.7 Å². The van der Waals surface area contributed by atoms with Crippen LogP contribution in [-0.2, 0) is 11.2 Å². The Kier molecular flexibility index (Phi) is 3.22. The Morgan fingerprint density at radius 3 is 2.84 bits per heavy atom. The molecule has 0 aliphatic carbocycles. The fourth-order valence-electron chi connectivity index (χ4n) is 3.69. The summed E-state index contributed by atoms with van der Waals surface area (Å²) in [5.74, 6) is 0.471. The van der Waals surface area contributed by atoms with Gasteiger partial charge in [-0.2, -0.15) is 0 Å². The molecular weight excluding hydrogens is 324 g/mol. The van der Waals surface area contributed by atoms with Crippen molar-refractivity contribution < 1.29 is 19.1 Å². The number of nitrogens with one attached hydrogen (secondary N) is 3. The summed E-state index contributed by atoms with van der Waals surface area (Å²) in [6, 6.07) is 4.78. The van der Waals surface area contributed by atoms with Crippen molar-refractivity contribution in [3.8, 4) is 5.75 Å². The van der Waals surface area contributed by atoms with Crippen molar-refractivity contribution in [2.45, 2.75) is 37.8 Å². The van der Waals surface area contributed by atoms with Gasteiger partial charge in [0, 0.05) is 24.2 Å². The molecule has 5 amide bonds. The number of ether oxygens (including phenoxy) is 1. The minimum absolute atomic E-state index is 0.164. The van der Waals surface area contributed by atoms with E-state index in [1.807, 2.05) is 26.0 Å². The molecule has 0 aromatic heterocycles. The van der Waals surface area contributed by atoms with Gasteiger partial charge in [-0.05, 0) is 38.5 Å². The van der Waals surface area contributed by atoms with Crippen LogP contribution in [0.5, 0.6) is 5.75 Å². The SMILES string of the molecule is CC1(C)Cc2cc(NC(=O)N3CCC4(C3)NC(=O)NC4=O)ccc2O1. The molecule has 1 unspecified atom stereocenters. The lowest BCUT2D eigenvalue weighted by Gasteiger charge is -2.21. The first kappa shape index (κ1) is 15.7. The van der Waals surface area contributed by atoms with Crippen molar-refractivity contribution in [3.05, 3.63) is 23.8 Å². The number of urea groups is 2. The van der Waals surface area contributed by atoms with Crippen molar-refractivity contribution in [2.24, 2.45) is 0 Å². The van der Waals surface area contributed by atoms with E-state index in [0.29, 0.717) is 18.7 Å². The monoisotopic (exact) mass is 344 g/mol. The minimum Gasteiger partial charge on any atom is -0.487 e. The van der Waals surface area contributed by atoms with Gasteiger partial charge in [-0.15, -0.1) is 0 Å². The van der Waals surface area contributed by atoms with Crippen LogP contribution >= 0.6 is 0 Å². The third-order valence-electron chi connectivity index (χ3n) is 4.89. The summed E-state index contributed by atoms with van der Waals surface area (Å²) < 4.78 is 5.83. The highest BCUT2D eigenvalue weighted by Gasteiger charge is 2.51. The average molecular weight is 344 g/mol. The molecule has 0 radical (unpaired) electrons. The van der Waals surface area contributed by atoms with Gasteiger partial charge >= 0.3 is 12.1 Å². The molecule has 1 aromatic rings. The van der Waals surface area contributed by atoms with E-state index < -0.39 is 11.6 Å². The molecule has 3 heterocycles. The molecule has 8 nitrogen and oxygen atoms in total. The maximum absolute atomic E-state index is 12.5. The van der Waals surface area contributed by atoms with Crippen LogP contribution in [0.15, 0.2) is 18.2 Å². The van der Waals surface area contributed by atoms with E-state index in [2.05, 4.69) is 16.0 Å². The van der Waals surface area contributed by atoms with Crippen molar-refractivity contribution >= 4 is 23.7 Å². The quantitative estimate of drug-likeness (QED) is 0.667. The summed E-state index contributed by atoms with van der Waals surface area (Å²) in [4.78, 5) is 37.4. The average Bonchev–Trinajstić information content (AvgIpc) is 3.14. The van der Waals surface area contributed by atoms with Gasteiger partial charge in [0.2, 0.25) is 0 Å². The Balaban J connectivity index is 1.44. The van der Waals surface area contributed by atoms with Crippen molar-refractivity contribution in [1.29, 1.82) is 0 Å². The largest absolute Gasteiger partial charge is 0.487 e. The van der Waals surface area contributed by atoms with Gasteiger partial charge in [-0.25, -0.2) is 9.59 Å². The van der Waals surface area contributed by atoms with E-state index in [0.717, 1.165) is 17.7 Å². The maximum atomic E-state index is 12.5. The lowest BCUT2D eigenvalue weighted by atomic mass is 10.00. The summed E-state index contributed by atoms with van der Waals surface area (Å²) in [6.45, 7) is 4.61. The van der Waals surface area contributed by atoms with E-state index in [1.165, 1.54) is 0 Å². The van der Waals surface area contributed by atoms with Crippen LogP contribution in [0.2, 0.25) is 0 Å². The van der Waals surface area contributed by atoms with Gasteiger partial charge in [0.1, 0.15) is 16.9 Å². The Labute approximate surface area is 144 Å². The first-order valence-electron chi connectivity index (χ1n) is 8.28. The van der Waals surface area contributed by atoms with Crippen molar-refractivity contribution in [3.63, 3.8) is 0 Å². The number of hydrogen-bond acceptors (Lipinski definition) is 4. The zero-order valence-electron chi connectivity index (χ0n) is 14.1.